The number of amides is 1. The number of rotatable bonds is 6. The average Bonchev–Trinajstić information content (AvgIpc) is 2.90. The fourth-order valence-corrected chi connectivity index (χ4v) is 1.93. The number of phenolic OH excluding ortho intramolecular Hbond substituents is 1. The van der Waals surface area contributed by atoms with Crippen molar-refractivity contribution in [3.05, 3.63) is 45.9 Å². The minimum atomic E-state index is -0.612. The maximum Gasteiger partial charge on any atom is 0.343 e. The van der Waals surface area contributed by atoms with Crippen LogP contribution in [0.3, 0.4) is 0 Å². The van der Waals surface area contributed by atoms with Crippen molar-refractivity contribution in [3.63, 3.8) is 0 Å². The Bertz CT molecular complexity index is 799. The number of imidazole rings is 1. The number of hydrogen-bond acceptors (Lipinski definition) is 7. The third kappa shape index (κ3) is 3.85. The van der Waals surface area contributed by atoms with Crippen LogP contribution in [0.4, 0.5) is 5.82 Å². The molecule has 0 bridgehead atoms. The predicted octanol–water partition coefficient (Wildman–Crippen LogP) is 0.964. The molecule has 0 saturated heterocycles. The van der Waals surface area contributed by atoms with Crippen molar-refractivity contribution in [1.82, 2.24) is 15.0 Å². The summed E-state index contributed by atoms with van der Waals surface area (Å²) in [4.78, 5) is 25.9. The molecular formula is C14H15N5O5. The van der Waals surface area contributed by atoms with Crippen molar-refractivity contribution in [3.8, 4) is 11.5 Å². The quantitative estimate of drug-likeness (QED) is 0.460. The highest BCUT2D eigenvalue weighted by Crippen LogP contribution is 2.25. The van der Waals surface area contributed by atoms with Gasteiger partial charge in [-0.05, 0) is 28.7 Å². The Hall–Kier alpha value is -3.43. The van der Waals surface area contributed by atoms with E-state index in [4.69, 9.17) is 4.74 Å². The number of aryl methyl sites for hydroxylation is 1. The van der Waals surface area contributed by atoms with Crippen molar-refractivity contribution in [2.75, 3.05) is 7.11 Å². The lowest BCUT2D eigenvalue weighted by molar-refractivity contribution is -0.392. The number of nitrogens with zero attached hydrogens (tertiary/aromatic N) is 4. The number of aromatic hydroxyl groups is 1. The predicted molar refractivity (Wildman–Crippen MR) is 84.0 cm³/mol. The first-order valence-electron chi connectivity index (χ1n) is 6.77. The zero-order valence-corrected chi connectivity index (χ0v) is 13.0. The van der Waals surface area contributed by atoms with Gasteiger partial charge in [0.05, 0.1) is 13.3 Å². The van der Waals surface area contributed by atoms with Gasteiger partial charge in [0.25, 0.3) is 5.91 Å². The van der Waals surface area contributed by atoms with E-state index in [0.717, 1.165) is 6.20 Å². The Morgan fingerprint density at radius 1 is 1.58 bits per heavy atom. The van der Waals surface area contributed by atoms with Crippen LogP contribution in [0.25, 0.3) is 0 Å². The first kappa shape index (κ1) is 16.9. The molecule has 1 aromatic carbocycles. The van der Waals surface area contributed by atoms with Gasteiger partial charge in [-0.25, -0.2) is 15.0 Å². The number of hydrogen-bond donors (Lipinski definition) is 2. The summed E-state index contributed by atoms with van der Waals surface area (Å²) in [5, 5.41) is 24.1. The van der Waals surface area contributed by atoms with Crippen LogP contribution in [0, 0.1) is 17.0 Å². The Labute approximate surface area is 136 Å². The summed E-state index contributed by atoms with van der Waals surface area (Å²) in [5.74, 6) is -0.197. The van der Waals surface area contributed by atoms with Crippen LogP contribution in [0.15, 0.2) is 29.5 Å². The van der Waals surface area contributed by atoms with Gasteiger partial charge in [0.1, 0.15) is 6.20 Å². The molecule has 0 fully saturated rings. The summed E-state index contributed by atoms with van der Waals surface area (Å²) < 4.78 is 6.13. The molecule has 2 aromatic rings. The van der Waals surface area contributed by atoms with Gasteiger partial charge in [0.15, 0.2) is 23.9 Å². The first-order valence-corrected chi connectivity index (χ1v) is 6.77. The Morgan fingerprint density at radius 3 is 3.00 bits per heavy atom. The molecule has 2 N–H and O–H groups in total. The fourth-order valence-electron chi connectivity index (χ4n) is 1.93. The number of benzene rings is 1. The second-order valence-corrected chi connectivity index (χ2v) is 4.73. The normalized spacial score (nSPS) is 10.8. The SMILES string of the molecule is COc1cc(/C=N\NC(=O)Cn2c([N+](=O)[O-])cnc2C)ccc1O. The van der Waals surface area contributed by atoms with E-state index in [-0.39, 0.29) is 23.9 Å². The van der Waals surface area contributed by atoms with E-state index < -0.39 is 10.8 Å². The number of carbonyl (C=O) groups excluding carboxylic acids is 1. The largest absolute Gasteiger partial charge is 0.504 e. The molecule has 0 aliphatic heterocycles. The van der Waals surface area contributed by atoms with Gasteiger partial charge in [0.2, 0.25) is 0 Å². The number of methoxy groups -OCH3 is 1. The standard InChI is InChI=1S/C14H15N5O5/c1-9-15-7-14(19(22)23)18(9)8-13(21)17-16-6-10-3-4-11(20)12(5-10)24-2/h3-7,20H,8H2,1-2H3,(H,17,21)/b16-6-. The monoisotopic (exact) mass is 333 g/mol. The van der Waals surface area contributed by atoms with E-state index in [1.54, 1.807) is 13.0 Å². The van der Waals surface area contributed by atoms with E-state index >= 15 is 0 Å². The Morgan fingerprint density at radius 2 is 2.33 bits per heavy atom. The fraction of sp³-hybridized carbons (Fsp3) is 0.214. The molecule has 2 rings (SSSR count). The molecule has 1 amide bonds. The van der Waals surface area contributed by atoms with Crippen LogP contribution in [0.2, 0.25) is 0 Å². The van der Waals surface area contributed by atoms with E-state index in [9.17, 15) is 20.0 Å². The van der Waals surface area contributed by atoms with Gasteiger partial charge in [-0.15, -0.1) is 0 Å². The van der Waals surface area contributed by atoms with Crippen LogP contribution < -0.4 is 10.2 Å². The van der Waals surface area contributed by atoms with Crippen molar-refractivity contribution >= 4 is 17.9 Å². The third-order valence-electron chi connectivity index (χ3n) is 3.13. The molecule has 0 atom stereocenters. The lowest BCUT2D eigenvalue weighted by Crippen LogP contribution is -2.24. The maximum absolute atomic E-state index is 11.8. The second-order valence-electron chi connectivity index (χ2n) is 4.73. The second kappa shape index (κ2) is 7.22. The number of aromatic nitrogens is 2. The van der Waals surface area contributed by atoms with Gasteiger partial charge in [-0.2, -0.15) is 5.10 Å². The van der Waals surface area contributed by atoms with Crippen LogP contribution in [-0.2, 0) is 11.3 Å². The molecule has 0 aliphatic rings. The maximum atomic E-state index is 11.8. The molecule has 0 spiro atoms. The summed E-state index contributed by atoms with van der Waals surface area (Å²) in [6.07, 6.45) is 2.45. The molecule has 126 valence electrons. The highest BCUT2D eigenvalue weighted by molar-refractivity contribution is 5.83. The number of phenols is 1. The van der Waals surface area contributed by atoms with Crippen LogP contribution in [-0.4, -0.2) is 38.8 Å². The highest BCUT2D eigenvalue weighted by Gasteiger charge is 2.19. The number of ether oxygens (including phenoxy) is 1. The molecule has 1 aromatic heterocycles. The molecule has 0 unspecified atom stereocenters. The summed E-state index contributed by atoms with van der Waals surface area (Å²) in [6.45, 7) is 1.28. The Kier molecular flexibility index (Phi) is 5.09. The number of nitrogens with one attached hydrogen (secondary N) is 1. The smallest absolute Gasteiger partial charge is 0.343 e. The summed E-state index contributed by atoms with van der Waals surface area (Å²) in [7, 11) is 1.41. The van der Waals surface area contributed by atoms with Crippen LogP contribution in [0.1, 0.15) is 11.4 Å². The van der Waals surface area contributed by atoms with Crippen molar-refractivity contribution in [1.29, 1.82) is 0 Å². The van der Waals surface area contributed by atoms with Gasteiger partial charge in [0, 0.05) is 6.92 Å². The van der Waals surface area contributed by atoms with Crippen molar-refractivity contribution < 1.29 is 19.6 Å². The van der Waals surface area contributed by atoms with Gasteiger partial charge in [-0.3, -0.25) is 4.79 Å². The van der Waals surface area contributed by atoms with E-state index in [1.807, 2.05) is 0 Å². The number of nitro groups is 1. The average molecular weight is 333 g/mol. The lowest BCUT2D eigenvalue weighted by Gasteiger charge is -2.04. The van der Waals surface area contributed by atoms with E-state index in [1.165, 1.54) is 30.0 Å². The topological polar surface area (TPSA) is 132 Å². The zero-order chi connectivity index (χ0) is 17.7. The van der Waals surface area contributed by atoms with Crippen LogP contribution >= 0.6 is 0 Å². The van der Waals surface area contributed by atoms with Gasteiger partial charge < -0.3 is 20.0 Å². The molecule has 10 heteroatoms. The van der Waals surface area contributed by atoms with Crippen LogP contribution in [0.5, 0.6) is 11.5 Å². The zero-order valence-electron chi connectivity index (χ0n) is 13.0. The Balaban J connectivity index is 2.01. The first-order chi connectivity index (χ1) is 11.4. The molecule has 10 nitrogen and oxygen atoms in total. The van der Waals surface area contributed by atoms with Crippen molar-refractivity contribution in [2.45, 2.75) is 13.5 Å². The molecule has 0 radical (unpaired) electrons. The molecular weight excluding hydrogens is 318 g/mol. The highest BCUT2D eigenvalue weighted by atomic mass is 16.6. The van der Waals surface area contributed by atoms with E-state index in [2.05, 4.69) is 15.5 Å². The third-order valence-corrected chi connectivity index (χ3v) is 3.13. The molecule has 24 heavy (non-hydrogen) atoms. The minimum Gasteiger partial charge on any atom is -0.504 e. The number of hydrazone groups is 1. The minimum absolute atomic E-state index is 0.0124. The lowest BCUT2D eigenvalue weighted by atomic mass is 10.2. The molecule has 1 heterocycles. The summed E-state index contributed by atoms with van der Waals surface area (Å²) in [5.41, 5.74) is 2.86. The van der Waals surface area contributed by atoms with Gasteiger partial charge in [-0.1, -0.05) is 0 Å². The molecule has 0 aliphatic carbocycles. The van der Waals surface area contributed by atoms with Gasteiger partial charge >= 0.3 is 5.82 Å². The van der Waals surface area contributed by atoms with Crippen molar-refractivity contribution in [2.24, 2.45) is 5.10 Å². The summed E-state index contributed by atoms with van der Waals surface area (Å²) in [6, 6.07) is 4.55. The summed E-state index contributed by atoms with van der Waals surface area (Å²) >= 11 is 0. The van der Waals surface area contributed by atoms with E-state index in [0.29, 0.717) is 11.4 Å². The number of carbonyl (C=O) groups is 1. The molecule has 0 saturated carbocycles.